The molecule has 1 aromatic rings. The smallest absolute Gasteiger partial charge is 0.236 e. The summed E-state index contributed by atoms with van der Waals surface area (Å²) in [4.78, 5) is 13.5. The molecule has 1 amide bonds. The first kappa shape index (κ1) is 17.9. The number of nitrogens with zero attached hydrogens (tertiary/aromatic N) is 1. The number of likely N-dealkylation sites (N-methyl/N-ethyl adjacent to an activating group) is 1. The molecule has 0 saturated heterocycles. The Hall–Kier alpha value is -1.11. The van der Waals surface area contributed by atoms with Crippen molar-refractivity contribution in [2.24, 2.45) is 0 Å². The fourth-order valence-corrected chi connectivity index (χ4v) is 2.08. The Morgan fingerprint density at radius 2 is 1.95 bits per heavy atom. The first-order valence-electron chi connectivity index (χ1n) is 7.11. The van der Waals surface area contributed by atoms with Crippen molar-refractivity contribution in [3.05, 3.63) is 28.7 Å². The minimum atomic E-state index is -0.654. The molecule has 1 atom stereocenters. The summed E-state index contributed by atoms with van der Waals surface area (Å²) in [6, 6.07) is 7.41. The van der Waals surface area contributed by atoms with Crippen LogP contribution in [0.5, 0.6) is 5.75 Å². The highest BCUT2D eigenvalue weighted by Crippen LogP contribution is 2.16. The number of carbonyl (C=O) groups is 1. The third-order valence-electron chi connectivity index (χ3n) is 3.03. The predicted molar refractivity (Wildman–Crippen MR) is 86.4 cm³/mol. The van der Waals surface area contributed by atoms with E-state index in [0.29, 0.717) is 25.4 Å². The van der Waals surface area contributed by atoms with E-state index in [1.54, 1.807) is 4.90 Å². The number of ether oxygens (including phenoxy) is 1. The van der Waals surface area contributed by atoms with Gasteiger partial charge in [-0.3, -0.25) is 4.79 Å². The summed E-state index contributed by atoms with van der Waals surface area (Å²) in [6.45, 7) is 6.04. The fourth-order valence-electron chi connectivity index (χ4n) is 1.82. The molecule has 5 nitrogen and oxygen atoms in total. The maximum atomic E-state index is 11.7. The Balaban J connectivity index is 2.20. The number of hydrogen-bond donors (Lipinski definition) is 2. The van der Waals surface area contributed by atoms with E-state index >= 15 is 0 Å². The second-order valence-electron chi connectivity index (χ2n) is 4.62. The van der Waals surface area contributed by atoms with E-state index in [4.69, 9.17) is 4.74 Å². The zero-order valence-electron chi connectivity index (χ0n) is 12.5. The van der Waals surface area contributed by atoms with E-state index in [-0.39, 0.29) is 19.1 Å². The SMILES string of the molecule is CCN(CC)C(=O)CNCC(O)COc1ccc(Br)cc1. The zero-order valence-corrected chi connectivity index (χ0v) is 14.1. The molecule has 0 aliphatic rings. The maximum absolute atomic E-state index is 11.7. The van der Waals surface area contributed by atoms with Crippen molar-refractivity contribution >= 4 is 21.8 Å². The van der Waals surface area contributed by atoms with Crippen LogP contribution in [0.1, 0.15) is 13.8 Å². The molecule has 0 heterocycles. The molecular weight excluding hydrogens is 336 g/mol. The summed E-state index contributed by atoms with van der Waals surface area (Å²) >= 11 is 3.35. The summed E-state index contributed by atoms with van der Waals surface area (Å²) in [6.07, 6.45) is -0.654. The average molecular weight is 359 g/mol. The lowest BCUT2D eigenvalue weighted by Gasteiger charge is -2.19. The normalized spacial score (nSPS) is 12.0. The minimum Gasteiger partial charge on any atom is -0.491 e. The van der Waals surface area contributed by atoms with Crippen LogP contribution in [0.25, 0.3) is 0 Å². The Labute approximate surface area is 134 Å². The molecule has 0 spiro atoms. The van der Waals surface area contributed by atoms with E-state index in [1.807, 2.05) is 38.1 Å². The van der Waals surface area contributed by atoms with Gasteiger partial charge in [-0.05, 0) is 38.1 Å². The third kappa shape index (κ3) is 6.93. The van der Waals surface area contributed by atoms with Crippen LogP contribution in [0.15, 0.2) is 28.7 Å². The molecule has 1 unspecified atom stereocenters. The van der Waals surface area contributed by atoms with Gasteiger partial charge in [-0.2, -0.15) is 0 Å². The van der Waals surface area contributed by atoms with Crippen molar-refractivity contribution in [3.8, 4) is 5.75 Å². The number of hydrogen-bond acceptors (Lipinski definition) is 4. The first-order valence-corrected chi connectivity index (χ1v) is 7.91. The molecule has 0 aliphatic carbocycles. The van der Waals surface area contributed by atoms with Crippen molar-refractivity contribution in [1.82, 2.24) is 10.2 Å². The Kier molecular flexibility index (Phi) is 8.34. The number of rotatable bonds is 9. The zero-order chi connectivity index (χ0) is 15.7. The van der Waals surface area contributed by atoms with Crippen molar-refractivity contribution in [1.29, 1.82) is 0 Å². The highest BCUT2D eigenvalue weighted by molar-refractivity contribution is 9.10. The largest absolute Gasteiger partial charge is 0.491 e. The van der Waals surface area contributed by atoms with Crippen LogP contribution >= 0.6 is 15.9 Å². The van der Waals surface area contributed by atoms with Crippen LogP contribution in [-0.4, -0.2) is 54.8 Å². The number of halogens is 1. The molecule has 0 radical (unpaired) electrons. The summed E-state index contributed by atoms with van der Waals surface area (Å²) < 4.78 is 6.44. The number of carbonyl (C=O) groups excluding carboxylic acids is 1. The van der Waals surface area contributed by atoms with E-state index in [9.17, 15) is 9.90 Å². The van der Waals surface area contributed by atoms with Gasteiger partial charge in [0.25, 0.3) is 0 Å². The monoisotopic (exact) mass is 358 g/mol. The van der Waals surface area contributed by atoms with Crippen molar-refractivity contribution in [2.75, 3.05) is 32.8 Å². The van der Waals surface area contributed by atoms with Crippen molar-refractivity contribution in [2.45, 2.75) is 20.0 Å². The number of nitrogens with one attached hydrogen (secondary N) is 1. The van der Waals surface area contributed by atoms with Gasteiger partial charge in [0.05, 0.1) is 6.54 Å². The fraction of sp³-hybridized carbons (Fsp3) is 0.533. The lowest BCUT2D eigenvalue weighted by Crippen LogP contribution is -2.41. The minimum absolute atomic E-state index is 0.0426. The van der Waals surface area contributed by atoms with Crippen LogP contribution < -0.4 is 10.1 Å². The lowest BCUT2D eigenvalue weighted by atomic mass is 10.3. The summed E-state index contributed by atoms with van der Waals surface area (Å²) in [5.74, 6) is 0.748. The van der Waals surface area contributed by atoms with Gasteiger partial charge >= 0.3 is 0 Å². The third-order valence-corrected chi connectivity index (χ3v) is 3.56. The molecule has 0 saturated carbocycles. The van der Waals surface area contributed by atoms with Gasteiger partial charge in [0.15, 0.2) is 0 Å². The van der Waals surface area contributed by atoms with E-state index in [1.165, 1.54) is 0 Å². The molecule has 0 aromatic heterocycles. The maximum Gasteiger partial charge on any atom is 0.236 e. The van der Waals surface area contributed by atoms with Crippen LogP contribution in [-0.2, 0) is 4.79 Å². The van der Waals surface area contributed by atoms with Crippen LogP contribution in [0.4, 0.5) is 0 Å². The van der Waals surface area contributed by atoms with Crippen LogP contribution in [0.3, 0.4) is 0 Å². The number of aliphatic hydroxyl groups excluding tert-OH is 1. The second-order valence-corrected chi connectivity index (χ2v) is 5.53. The van der Waals surface area contributed by atoms with Crippen LogP contribution in [0.2, 0.25) is 0 Å². The predicted octanol–water partition coefficient (Wildman–Crippen LogP) is 1.65. The van der Waals surface area contributed by atoms with Gasteiger partial charge in [0.1, 0.15) is 18.5 Å². The summed E-state index contributed by atoms with van der Waals surface area (Å²) in [7, 11) is 0. The molecule has 0 aliphatic heterocycles. The van der Waals surface area contributed by atoms with E-state index < -0.39 is 6.10 Å². The molecule has 0 bridgehead atoms. The molecular formula is C15H23BrN2O3. The average Bonchev–Trinajstić information content (AvgIpc) is 2.48. The quantitative estimate of drug-likeness (QED) is 0.704. The molecule has 21 heavy (non-hydrogen) atoms. The van der Waals surface area contributed by atoms with Gasteiger partial charge in [0.2, 0.25) is 5.91 Å². The number of benzene rings is 1. The molecule has 118 valence electrons. The van der Waals surface area contributed by atoms with Crippen LogP contribution in [0, 0.1) is 0 Å². The lowest BCUT2D eigenvalue weighted by molar-refractivity contribution is -0.129. The van der Waals surface area contributed by atoms with Crippen molar-refractivity contribution in [3.63, 3.8) is 0 Å². The summed E-state index contributed by atoms with van der Waals surface area (Å²) in [5, 5.41) is 12.8. The highest BCUT2D eigenvalue weighted by atomic mass is 79.9. The molecule has 1 aromatic carbocycles. The summed E-state index contributed by atoms with van der Waals surface area (Å²) in [5.41, 5.74) is 0. The molecule has 6 heteroatoms. The van der Waals surface area contributed by atoms with Gasteiger partial charge in [0, 0.05) is 24.1 Å². The Bertz CT molecular complexity index is 421. The highest BCUT2D eigenvalue weighted by Gasteiger charge is 2.10. The van der Waals surface area contributed by atoms with Gasteiger partial charge < -0.3 is 20.1 Å². The molecule has 2 N–H and O–H groups in total. The number of amides is 1. The molecule has 0 fully saturated rings. The standard InChI is InChI=1S/C15H23BrN2O3/c1-3-18(4-2)15(20)10-17-9-13(19)11-21-14-7-5-12(16)6-8-14/h5-8,13,17,19H,3-4,9-11H2,1-2H3. The van der Waals surface area contributed by atoms with Gasteiger partial charge in [-0.25, -0.2) is 0 Å². The Morgan fingerprint density at radius 1 is 1.33 bits per heavy atom. The molecule has 1 rings (SSSR count). The van der Waals surface area contributed by atoms with Gasteiger partial charge in [-0.1, -0.05) is 15.9 Å². The van der Waals surface area contributed by atoms with Gasteiger partial charge in [-0.15, -0.1) is 0 Å². The Morgan fingerprint density at radius 3 is 2.52 bits per heavy atom. The van der Waals surface area contributed by atoms with Crippen molar-refractivity contribution < 1.29 is 14.6 Å². The van der Waals surface area contributed by atoms with E-state index in [0.717, 1.165) is 4.47 Å². The topological polar surface area (TPSA) is 61.8 Å². The number of aliphatic hydroxyl groups is 1. The second kappa shape index (κ2) is 9.76. The van der Waals surface area contributed by atoms with E-state index in [2.05, 4.69) is 21.2 Å². The first-order chi connectivity index (χ1) is 10.1.